The number of hydrogen-bond acceptors (Lipinski definition) is 6. The SMILES string of the molecule is COCC(=O)N1CCC(c2nnc(-c3ccncc3)o2)C1. The zero-order chi connectivity index (χ0) is 14.7. The van der Waals surface area contributed by atoms with Crippen LogP contribution < -0.4 is 0 Å². The van der Waals surface area contributed by atoms with Crippen LogP contribution in [0, 0.1) is 0 Å². The van der Waals surface area contributed by atoms with E-state index in [-0.39, 0.29) is 18.4 Å². The number of ether oxygens (including phenoxy) is 1. The molecule has 1 amide bonds. The minimum atomic E-state index is -0.00567. The normalized spacial score (nSPS) is 18.1. The lowest BCUT2D eigenvalue weighted by Gasteiger charge is -2.14. The molecule has 7 nitrogen and oxygen atoms in total. The van der Waals surface area contributed by atoms with Crippen molar-refractivity contribution in [2.45, 2.75) is 12.3 Å². The molecule has 1 saturated heterocycles. The Bertz CT molecular complexity index is 614. The second kappa shape index (κ2) is 6.01. The molecule has 3 heterocycles. The van der Waals surface area contributed by atoms with Crippen molar-refractivity contribution in [1.82, 2.24) is 20.1 Å². The fourth-order valence-corrected chi connectivity index (χ4v) is 2.41. The molecule has 0 saturated carbocycles. The standard InChI is InChI=1S/C14H16N4O3/c1-20-9-12(19)18-7-4-11(8-18)14-17-16-13(21-14)10-2-5-15-6-3-10/h2-3,5-6,11H,4,7-9H2,1H3. The molecule has 7 heteroatoms. The van der Waals surface area contributed by atoms with Crippen LogP contribution in [-0.4, -0.2) is 52.8 Å². The number of carbonyl (C=O) groups excluding carboxylic acids is 1. The van der Waals surface area contributed by atoms with Crippen LogP contribution in [0.5, 0.6) is 0 Å². The molecule has 1 fully saturated rings. The van der Waals surface area contributed by atoms with E-state index in [2.05, 4.69) is 15.2 Å². The van der Waals surface area contributed by atoms with E-state index in [0.717, 1.165) is 12.0 Å². The van der Waals surface area contributed by atoms with E-state index in [9.17, 15) is 4.79 Å². The van der Waals surface area contributed by atoms with Gasteiger partial charge in [0.15, 0.2) is 0 Å². The van der Waals surface area contributed by atoms with Gasteiger partial charge in [0.1, 0.15) is 6.61 Å². The van der Waals surface area contributed by atoms with Gasteiger partial charge in [0.05, 0.1) is 5.92 Å². The van der Waals surface area contributed by atoms with Crippen LogP contribution in [0.2, 0.25) is 0 Å². The summed E-state index contributed by atoms with van der Waals surface area (Å²) in [6.07, 6.45) is 4.19. The predicted octanol–water partition coefficient (Wildman–Crippen LogP) is 1.09. The molecule has 0 spiro atoms. The molecule has 0 bridgehead atoms. The minimum absolute atomic E-state index is 0.00567. The molecule has 0 radical (unpaired) electrons. The first-order chi connectivity index (χ1) is 10.3. The average molecular weight is 288 g/mol. The molecule has 21 heavy (non-hydrogen) atoms. The topological polar surface area (TPSA) is 81.4 Å². The van der Waals surface area contributed by atoms with Gasteiger partial charge in [0.2, 0.25) is 17.7 Å². The van der Waals surface area contributed by atoms with Crippen molar-refractivity contribution in [3.05, 3.63) is 30.4 Å². The summed E-state index contributed by atoms with van der Waals surface area (Å²) in [5.74, 6) is 1.14. The maximum atomic E-state index is 11.8. The van der Waals surface area contributed by atoms with Gasteiger partial charge in [-0.25, -0.2) is 0 Å². The molecule has 110 valence electrons. The van der Waals surface area contributed by atoms with Crippen LogP contribution in [0.1, 0.15) is 18.2 Å². The van der Waals surface area contributed by atoms with Gasteiger partial charge in [0, 0.05) is 38.2 Å². The maximum Gasteiger partial charge on any atom is 0.248 e. The number of methoxy groups -OCH3 is 1. The highest BCUT2D eigenvalue weighted by Gasteiger charge is 2.30. The van der Waals surface area contributed by atoms with E-state index in [0.29, 0.717) is 24.9 Å². The number of likely N-dealkylation sites (tertiary alicyclic amines) is 1. The average Bonchev–Trinajstić information content (AvgIpc) is 3.17. The minimum Gasteiger partial charge on any atom is -0.420 e. The van der Waals surface area contributed by atoms with Crippen molar-refractivity contribution < 1.29 is 13.9 Å². The lowest BCUT2D eigenvalue weighted by atomic mass is 10.1. The molecular formula is C14H16N4O3. The lowest BCUT2D eigenvalue weighted by Crippen LogP contribution is -2.31. The van der Waals surface area contributed by atoms with Crippen molar-refractivity contribution >= 4 is 5.91 Å². The van der Waals surface area contributed by atoms with Gasteiger partial charge in [-0.15, -0.1) is 10.2 Å². The molecule has 2 aromatic heterocycles. The van der Waals surface area contributed by atoms with Gasteiger partial charge >= 0.3 is 0 Å². The predicted molar refractivity (Wildman–Crippen MR) is 73.3 cm³/mol. The smallest absolute Gasteiger partial charge is 0.248 e. The molecule has 1 aliphatic heterocycles. The first-order valence-corrected chi connectivity index (χ1v) is 6.78. The van der Waals surface area contributed by atoms with Crippen LogP contribution in [-0.2, 0) is 9.53 Å². The monoisotopic (exact) mass is 288 g/mol. The summed E-state index contributed by atoms with van der Waals surface area (Å²) >= 11 is 0. The number of aromatic nitrogens is 3. The van der Waals surface area contributed by atoms with Crippen molar-refractivity contribution in [2.24, 2.45) is 0 Å². The number of nitrogens with zero attached hydrogens (tertiary/aromatic N) is 4. The second-order valence-corrected chi connectivity index (χ2v) is 4.94. The van der Waals surface area contributed by atoms with Gasteiger partial charge in [-0.05, 0) is 18.6 Å². The molecule has 0 aromatic carbocycles. The molecule has 1 unspecified atom stereocenters. The van der Waals surface area contributed by atoms with E-state index in [4.69, 9.17) is 9.15 Å². The van der Waals surface area contributed by atoms with Crippen LogP contribution in [0.3, 0.4) is 0 Å². The Hall–Kier alpha value is -2.28. The summed E-state index contributed by atoms with van der Waals surface area (Å²) in [5, 5.41) is 8.17. The Kier molecular flexibility index (Phi) is 3.92. The highest BCUT2D eigenvalue weighted by molar-refractivity contribution is 5.77. The van der Waals surface area contributed by atoms with Crippen LogP contribution in [0.4, 0.5) is 0 Å². The van der Waals surface area contributed by atoms with E-state index >= 15 is 0 Å². The van der Waals surface area contributed by atoms with E-state index < -0.39 is 0 Å². The van der Waals surface area contributed by atoms with Gasteiger partial charge in [-0.2, -0.15) is 0 Å². The number of hydrogen-bond donors (Lipinski definition) is 0. The molecule has 1 aliphatic rings. The third-order valence-corrected chi connectivity index (χ3v) is 3.53. The van der Waals surface area contributed by atoms with E-state index in [1.54, 1.807) is 17.3 Å². The zero-order valence-corrected chi connectivity index (χ0v) is 11.7. The highest BCUT2D eigenvalue weighted by Crippen LogP contribution is 2.28. The Morgan fingerprint density at radius 2 is 2.24 bits per heavy atom. The van der Waals surface area contributed by atoms with Crippen LogP contribution >= 0.6 is 0 Å². The molecular weight excluding hydrogens is 272 g/mol. The van der Waals surface area contributed by atoms with Crippen LogP contribution in [0.25, 0.3) is 11.5 Å². The number of amides is 1. The highest BCUT2D eigenvalue weighted by atomic mass is 16.5. The first-order valence-electron chi connectivity index (χ1n) is 6.78. The summed E-state index contributed by atoms with van der Waals surface area (Å²) < 4.78 is 10.6. The number of pyridine rings is 1. The summed E-state index contributed by atoms with van der Waals surface area (Å²) in [4.78, 5) is 17.5. The summed E-state index contributed by atoms with van der Waals surface area (Å²) in [6, 6.07) is 3.64. The van der Waals surface area contributed by atoms with Crippen molar-refractivity contribution in [3.63, 3.8) is 0 Å². The number of rotatable bonds is 4. The molecule has 1 atom stereocenters. The van der Waals surface area contributed by atoms with Crippen molar-refractivity contribution in [1.29, 1.82) is 0 Å². The third-order valence-electron chi connectivity index (χ3n) is 3.53. The van der Waals surface area contributed by atoms with Crippen molar-refractivity contribution in [3.8, 4) is 11.5 Å². The van der Waals surface area contributed by atoms with Gasteiger partial charge in [-0.1, -0.05) is 0 Å². The van der Waals surface area contributed by atoms with E-state index in [1.807, 2.05) is 12.1 Å². The molecule has 0 N–H and O–H groups in total. The second-order valence-electron chi connectivity index (χ2n) is 4.94. The van der Waals surface area contributed by atoms with Crippen molar-refractivity contribution in [2.75, 3.05) is 26.8 Å². The summed E-state index contributed by atoms with van der Waals surface area (Å²) in [5.41, 5.74) is 0.842. The summed E-state index contributed by atoms with van der Waals surface area (Å²) in [7, 11) is 1.52. The number of carbonyl (C=O) groups is 1. The van der Waals surface area contributed by atoms with Gasteiger partial charge < -0.3 is 14.1 Å². The van der Waals surface area contributed by atoms with Gasteiger partial charge in [-0.3, -0.25) is 9.78 Å². The first kappa shape index (κ1) is 13.7. The van der Waals surface area contributed by atoms with E-state index in [1.165, 1.54) is 7.11 Å². The maximum absolute atomic E-state index is 11.8. The fraction of sp³-hybridized carbons (Fsp3) is 0.429. The molecule has 0 aliphatic carbocycles. The Morgan fingerprint density at radius 3 is 3.00 bits per heavy atom. The Morgan fingerprint density at radius 1 is 1.43 bits per heavy atom. The lowest BCUT2D eigenvalue weighted by molar-refractivity contribution is -0.134. The fourth-order valence-electron chi connectivity index (χ4n) is 2.41. The molecule has 2 aromatic rings. The van der Waals surface area contributed by atoms with Gasteiger partial charge in [0.25, 0.3) is 0 Å². The third kappa shape index (κ3) is 2.92. The Labute approximate surface area is 121 Å². The zero-order valence-electron chi connectivity index (χ0n) is 11.7. The van der Waals surface area contributed by atoms with Crippen LogP contribution in [0.15, 0.2) is 28.9 Å². The molecule has 3 rings (SSSR count). The quantitative estimate of drug-likeness (QED) is 0.837. The Balaban J connectivity index is 1.69. The summed E-state index contributed by atoms with van der Waals surface area (Å²) in [6.45, 7) is 1.40. The largest absolute Gasteiger partial charge is 0.420 e.